The Kier molecular flexibility index (Phi) is 10.9. The summed E-state index contributed by atoms with van der Waals surface area (Å²) >= 11 is 5.60. The van der Waals surface area contributed by atoms with Gasteiger partial charge < -0.3 is 29.3 Å². The molecule has 284 valence electrons. The number of nitrogens with one attached hydrogen (secondary N) is 1. The Morgan fingerprint density at radius 1 is 0.963 bits per heavy atom. The maximum atomic E-state index is 14.9. The van der Waals surface area contributed by atoms with Crippen LogP contribution in [0.2, 0.25) is 0 Å². The van der Waals surface area contributed by atoms with Gasteiger partial charge in [-0.1, -0.05) is 0 Å². The number of nitrogens with zero attached hydrogens (tertiary/aromatic N) is 8. The highest BCUT2D eigenvalue weighted by atomic mass is 35.5. The highest BCUT2D eigenvalue weighted by molar-refractivity contribution is 6.27. The van der Waals surface area contributed by atoms with E-state index in [4.69, 9.17) is 25.8 Å². The molecule has 4 unspecified atom stereocenters. The van der Waals surface area contributed by atoms with Crippen LogP contribution in [0.5, 0.6) is 5.75 Å². The van der Waals surface area contributed by atoms with Crippen LogP contribution in [0.15, 0.2) is 90.5 Å². The minimum Gasteiger partial charge on any atom is -0.491 e. The molecule has 0 saturated carbocycles. The molecule has 54 heavy (non-hydrogen) atoms. The number of carbonyl (C=O) groups excluding carboxylic acids is 1. The third kappa shape index (κ3) is 7.95. The van der Waals surface area contributed by atoms with Crippen LogP contribution in [0.25, 0.3) is 5.69 Å². The van der Waals surface area contributed by atoms with Gasteiger partial charge >= 0.3 is 5.69 Å². The first-order chi connectivity index (χ1) is 26.1. The van der Waals surface area contributed by atoms with Crippen molar-refractivity contribution < 1.29 is 27.8 Å². The van der Waals surface area contributed by atoms with Gasteiger partial charge in [-0.3, -0.25) is 4.79 Å². The molecule has 0 radical (unpaired) electrons. The fraction of sp³-hybridized carbons (Fsp3) is 0.378. The molecule has 2 aliphatic rings. The zero-order valence-corrected chi connectivity index (χ0v) is 30.5. The smallest absolute Gasteiger partial charge is 0.350 e. The van der Waals surface area contributed by atoms with Crippen molar-refractivity contribution in [1.29, 1.82) is 0 Å². The van der Waals surface area contributed by atoms with Gasteiger partial charge in [0.15, 0.2) is 0 Å². The molecule has 0 bridgehead atoms. The van der Waals surface area contributed by atoms with E-state index in [1.807, 2.05) is 55.5 Å². The SMILES string of the molecule is CC(NC(=O)CCl)C(C)n1ncn(-c2ccc(N3CCN(c4ccc(OCC5COC(Cn6cncn6)(c6ccc(F)cc6F)O5)cc4)CC3)cc2)c1=O. The molecule has 2 fully saturated rings. The second kappa shape index (κ2) is 16.0. The molecular weight excluding hydrogens is 724 g/mol. The number of halogens is 3. The molecule has 1 amide bonds. The molecule has 4 atom stereocenters. The van der Waals surface area contributed by atoms with Crippen molar-refractivity contribution in [3.8, 4) is 11.4 Å². The van der Waals surface area contributed by atoms with Crippen LogP contribution in [-0.2, 0) is 26.6 Å². The van der Waals surface area contributed by atoms with Crippen molar-refractivity contribution >= 4 is 28.9 Å². The maximum Gasteiger partial charge on any atom is 0.350 e. The van der Waals surface area contributed by atoms with Crippen LogP contribution in [0.4, 0.5) is 20.2 Å². The molecule has 2 saturated heterocycles. The summed E-state index contributed by atoms with van der Waals surface area (Å²) in [7, 11) is 0. The second-order valence-corrected chi connectivity index (χ2v) is 13.5. The van der Waals surface area contributed by atoms with Gasteiger partial charge in [-0.15, -0.1) is 11.6 Å². The number of amides is 1. The predicted molar refractivity (Wildman–Crippen MR) is 196 cm³/mol. The molecule has 3 aromatic carbocycles. The standard InChI is InChI=1S/C37H40ClF2N9O5/c1-25(44-35(50)18-38)26(2)49-36(51)48(24-43-49)30-6-4-28(5-7-30)45-13-15-46(16-14-45)29-8-10-31(11-9-29)52-19-32-20-53-37(54-32,21-47-23-41-22-42-47)33-12-3-27(39)17-34(33)40/h3-12,17,22-26,32H,13-16,18-21H2,1-2H3,(H,44,50). The maximum absolute atomic E-state index is 14.9. The lowest BCUT2D eigenvalue weighted by molar-refractivity contribution is -0.192. The fourth-order valence-corrected chi connectivity index (χ4v) is 6.75. The van der Waals surface area contributed by atoms with Crippen LogP contribution in [0.1, 0.15) is 25.5 Å². The van der Waals surface area contributed by atoms with Gasteiger partial charge in [0.2, 0.25) is 11.7 Å². The number of benzene rings is 3. The van der Waals surface area contributed by atoms with Gasteiger partial charge in [0, 0.05) is 55.2 Å². The van der Waals surface area contributed by atoms with E-state index >= 15 is 0 Å². The van der Waals surface area contributed by atoms with Gasteiger partial charge in [0.05, 0.1) is 18.3 Å². The summed E-state index contributed by atoms with van der Waals surface area (Å²) in [4.78, 5) is 33.4. The van der Waals surface area contributed by atoms with Gasteiger partial charge in [-0.25, -0.2) is 32.5 Å². The summed E-state index contributed by atoms with van der Waals surface area (Å²) in [6, 6.07) is 18.2. The minimum atomic E-state index is -1.53. The summed E-state index contributed by atoms with van der Waals surface area (Å²) < 4.78 is 51.2. The fourth-order valence-electron chi connectivity index (χ4n) is 6.67. The number of rotatable bonds is 13. The van der Waals surface area contributed by atoms with Crippen molar-refractivity contribution in [2.75, 3.05) is 55.1 Å². The minimum absolute atomic E-state index is 0.0200. The first kappa shape index (κ1) is 37.0. The third-order valence-electron chi connectivity index (χ3n) is 9.76. The topological polar surface area (TPSA) is 134 Å². The lowest BCUT2D eigenvalue weighted by Gasteiger charge is -2.37. The van der Waals surface area contributed by atoms with E-state index in [2.05, 4.69) is 30.3 Å². The number of hydrogen-bond donors (Lipinski definition) is 1. The average molecular weight is 764 g/mol. The number of aromatic nitrogens is 6. The normalized spacial score (nSPS) is 19.8. The molecule has 2 aliphatic heterocycles. The number of ether oxygens (including phenoxy) is 3. The van der Waals surface area contributed by atoms with E-state index in [9.17, 15) is 18.4 Å². The van der Waals surface area contributed by atoms with Crippen molar-refractivity contribution in [1.82, 2.24) is 34.4 Å². The first-order valence-electron chi connectivity index (χ1n) is 17.6. The highest BCUT2D eigenvalue weighted by Crippen LogP contribution is 2.38. The largest absolute Gasteiger partial charge is 0.491 e. The molecule has 2 aromatic heterocycles. The van der Waals surface area contributed by atoms with E-state index in [1.165, 1.54) is 45.0 Å². The van der Waals surface area contributed by atoms with Crippen LogP contribution in [-0.4, -0.2) is 92.4 Å². The Morgan fingerprint density at radius 2 is 1.63 bits per heavy atom. The van der Waals surface area contributed by atoms with Crippen LogP contribution in [0, 0.1) is 11.6 Å². The number of carbonyl (C=O) groups is 1. The number of piperazine rings is 1. The Labute approximate surface area is 314 Å². The van der Waals surface area contributed by atoms with E-state index in [1.54, 1.807) is 6.92 Å². The van der Waals surface area contributed by atoms with Crippen LogP contribution >= 0.6 is 11.6 Å². The average Bonchev–Trinajstić information content (AvgIpc) is 3.95. The van der Waals surface area contributed by atoms with Crippen LogP contribution < -0.4 is 25.5 Å². The Bertz CT molecular complexity index is 2090. The Morgan fingerprint density at radius 3 is 2.26 bits per heavy atom. The molecule has 0 aliphatic carbocycles. The second-order valence-electron chi connectivity index (χ2n) is 13.3. The molecule has 0 spiro atoms. The van der Waals surface area contributed by atoms with Crippen molar-refractivity contribution in [2.45, 2.75) is 44.4 Å². The molecule has 5 aromatic rings. The Hall–Kier alpha value is -5.32. The molecular formula is C37H40ClF2N9O5. The number of alkyl halides is 1. The zero-order chi connectivity index (χ0) is 37.8. The first-order valence-corrected chi connectivity index (χ1v) is 18.1. The zero-order valence-electron chi connectivity index (χ0n) is 29.7. The Balaban J connectivity index is 0.911. The number of anilines is 2. The van der Waals surface area contributed by atoms with Gasteiger partial charge in [-0.05, 0) is 74.5 Å². The molecule has 14 nitrogen and oxygen atoms in total. The van der Waals surface area contributed by atoms with E-state index in [0.717, 1.165) is 43.6 Å². The van der Waals surface area contributed by atoms with Crippen molar-refractivity contribution in [3.63, 3.8) is 0 Å². The highest BCUT2D eigenvalue weighted by Gasteiger charge is 2.46. The number of hydrogen-bond acceptors (Lipinski definition) is 10. The molecule has 17 heteroatoms. The molecule has 7 rings (SSSR count). The third-order valence-corrected chi connectivity index (χ3v) is 10.0. The van der Waals surface area contributed by atoms with Gasteiger partial charge in [0.25, 0.3) is 0 Å². The molecule has 4 heterocycles. The van der Waals surface area contributed by atoms with Gasteiger partial charge in [0.1, 0.15) is 61.5 Å². The van der Waals surface area contributed by atoms with E-state index in [-0.39, 0.29) is 54.9 Å². The summed E-state index contributed by atoms with van der Waals surface area (Å²) in [5.41, 5.74) is 2.59. The summed E-state index contributed by atoms with van der Waals surface area (Å²) in [6.07, 6.45) is 3.80. The lowest BCUT2D eigenvalue weighted by atomic mass is 10.0. The lowest BCUT2D eigenvalue weighted by Crippen LogP contribution is -2.46. The quantitative estimate of drug-likeness (QED) is 0.176. The van der Waals surface area contributed by atoms with Gasteiger partial charge in [-0.2, -0.15) is 10.2 Å². The summed E-state index contributed by atoms with van der Waals surface area (Å²) in [5.74, 6) is -2.81. The van der Waals surface area contributed by atoms with E-state index in [0.29, 0.717) is 11.4 Å². The van der Waals surface area contributed by atoms with Crippen molar-refractivity contribution in [2.24, 2.45) is 0 Å². The monoisotopic (exact) mass is 763 g/mol. The molecule has 1 N–H and O–H groups in total. The summed E-state index contributed by atoms with van der Waals surface area (Å²) in [5, 5.41) is 11.2. The van der Waals surface area contributed by atoms with Crippen LogP contribution in [0.3, 0.4) is 0 Å². The predicted octanol–water partition coefficient (Wildman–Crippen LogP) is 3.88. The summed E-state index contributed by atoms with van der Waals surface area (Å²) in [6.45, 7) is 7.18. The van der Waals surface area contributed by atoms with E-state index < -0.39 is 23.5 Å². The van der Waals surface area contributed by atoms with Crippen molar-refractivity contribution in [3.05, 3.63) is 113 Å².